The van der Waals surface area contributed by atoms with Gasteiger partial charge in [0.15, 0.2) is 5.16 Å². The summed E-state index contributed by atoms with van der Waals surface area (Å²) in [6.07, 6.45) is -3.20. The van der Waals surface area contributed by atoms with Crippen molar-refractivity contribution in [2.24, 2.45) is 7.05 Å². The maximum absolute atomic E-state index is 12.6. The summed E-state index contributed by atoms with van der Waals surface area (Å²) >= 11 is 0.874. The number of hydrogen-bond acceptors (Lipinski definition) is 5. The third kappa shape index (κ3) is 4.91. The fourth-order valence-corrected chi connectivity index (χ4v) is 2.54. The Kier molecular flexibility index (Phi) is 5.19. The van der Waals surface area contributed by atoms with Crippen molar-refractivity contribution in [3.05, 3.63) is 34.6 Å². The molecule has 0 aromatic carbocycles. The first kappa shape index (κ1) is 17.2. The van der Waals surface area contributed by atoms with E-state index in [4.69, 9.17) is 4.42 Å². The van der Waals surface area contributed by atoms with E-state index in [1.54, 1.807) is 0 Å². The van der Waals surface area contributed by atoms with Gasteiger partial charge in [0.2, 0.25) is 5.91 Å². The molecular formula is C12H13F3N4O3S. The molecule has 1 N–H and O–H groups in total. The zero-order valence-corrected chi connectivity index (χ0v) is 12.8. The van der Waals surface area contributed by atoms with E-state index in [1.165, 1.54) is 30.0 Å². The van der Waals surface area contributed by atoms with Crippen LogP contribution >= 0.6 is 11.8 Å². The summed E-state index contributed by atoms with van der Waals surface area (Å²) in [5, 5.41) is 6.07. The maximum atomic E-state index is 12.6. The van der Waals surface area contributed by atoms with E-state index >= 15 is 0 Å². The van der Waals surface area contributed by atoms with Crippen LogP contribution < -0.4 is 5.69 Å². The van der Waals surface area contributed by atoms with Crippen LogP contribution in [0.4, 0.5) is 13.2 Å². The van der Waals surface area contributed by atoms with Gasteiger partial charge in [-0.05, 0) is 12.1 Å². The Hall–Kier alpha value is -2.17. The summed E-state index contributed by atoms with van der Waals surface area (Å²) in [4.78, 5) is 23.9. The third-order valence-electron chi connectivity index (χ3n) is 2.81. The normalized spacial score (nSPS) is 11.7. The zero-order chi connectivity index (χ0) is 17.0. The molecule has 1 amide bonds. The first-order valence-electron chi connectivity index (χ1n) is 6.37. The molecule has 7 nitrogen and oxygen atoms in total. The number of alkyl halides is 3. The van der Waals surface area contributed by atoms with E-state index in [1.807, 2.05) is 0 Å². The number of aromatic nitrogens is 3. The number of nitrogens with one attached hydrogen (secondary N) is 1. The van der Waals surface area contributed by atoms with Crippen LogP contribution in [-0.2, 0) is 18.4 Å². The van der Waals surface area contributed by atoms with E-state index in [0.29, 0.717) is 4.90 Å². The number of aromatic amines is 1. The summed E-state index contributed by atoms with van der Waals surface area (Å²) in [7, 11) is 1.44. The SMILES string of the molecule is Cn1c(SCC(=O)N(Cc2ccco2)CC(F)(F)F)n[nH]c1=O. The topological polar surface area (TPSA) is 84.1 Å². The van der Waals surface area contributed by atoms with Gasteiger partial charge in [0.25, 0.3) is 0 Å². The first-order valence-corrected chi connectivity index (χ1v) is 7.36. The van der Waals surface area contributed by atoms with Crippen molar-refractivity contribution in [1.82, 2.24) is 19.7 Å². The molecule has 0 aliphatic heterocycles. The molecule has 0 fully saturated rings. The van der Waals surface area contributed by atoms with E-state index in [9.17, 15) is 22.8 Å². The molecule has 126 valence electrons. The van der Waals surface area contributed by atoms with Crippen LogP contribution in [0.3, 0.4) is 0 Å². The van der Waals surface area contributed by atoms with Crippen LogP contribution in [0.25, 0.3) is 0 Å². The van der Waals surface area contributed by atoms with Crippen molar-refractivity contribution in [3.8, 4) is 0 Å². The minimum absolute atomic E-state index is 0.216. The third-order valence-corrected chi connectivity index (χ3v) is 3.83. The van der Waals surface area contributed by atoms with Gasteiger partial charge in [0.05, 0.1) is 18.6 Å². The number of nitrogens with zero attached hydrogens (tertiary/aromatic N) is 3. The molecule has 0 radical (unpaired) electrons. The highest BCUT2D eigenvalue weighted by Gasteiger charge is 2.33. The Morgan fingerprint density at radius 2 is 2.26 bits per heavy atom. The quantitative estimate of drug-likeness (QED) is 0.796. The molecule has 11 heteroatoms. The van der Waals surface area contributed by atoms with E-state index in [0.717, 1.165) is 11.8 Å². The van der Waals surface area contributed by atoms with E-state index in [2.05, 4.69) is 10.2 Å². The summed E-state index contributed by atoms with van der Waals surface area (Å²) in [6.45, 7) is -1.67. The average molecular weight is 350 g/mol. The Morgan fingerprint density at radius 1 is 1.52 bits per heavy atom. The molecule has 0 spiro atoms. The van der Waals surface area contributed by atoms with Gasteiger partial charge in [-0.15, -0.1) is 5.10 Å². The van der Waals surface area contributed by atoms with Crippen LogP contribution in [0.15, 0.2) is 32.8 Å². The molecule has 2 heterocycles. The molecule has 0 unspecified atom stereocenters. The minimum atomic E-state index is -4.52. The van der Waals surface area contributed by atoms with Crippen molar-refractivity contribution in [1.29, 1.82) is 0 Å². The van der Waals surface area contributed by atoms with Crippen LogP contribution in [0.1, 0.15) is 5.76 Å². The van der Waals surface area contributed by atoms with Crippen molar-refractivity contribution < 1.29 is 22.4 Å². The van der Waals surface area contributed by atoms with Crippen LogP contribution in [0.2, 0.25) is 0 Å². The molecule has 0 saturated carbocycles. The number of carbonyl (C=O) groups excluding carboxylic acids is 1. The van der Waals surface area contributed by atoms with Gasteiger partial charge in [-0.1, -0.05) is 11.8 Å². The molecule has 0 aliphatic carbocycles. The number of carbonyl (C=O) groups is 1. The number of hydrogen-bond donors (Lipinski definition) is 1. The maximum Gasteiger partial charge on any atom is 0.406 e. The highest BCUT2D eigenvalue weighted by atomic mass is 32.2. The summed E-state index contributed by atoms with van der Waals surface area (Å²) in [6, 6.07) is 3.01. The molecule has 0 atom stereocenters. The fraction of sp³-hybridized carbons (Fsp3) is 0.417. The van der Waals surface area contributed by atoms with Crippen LogP contribution in [0, 0.1) is 0 Å². The smallest absolute Gasteiger partial charge is 0.406 e. The van der Waals surface area contributed by atoms with Crippen molar-refractivity contribution >= 4 is 17.7 Å². The average Bonchev–Trinajstić information content (AvgIpc) is 3.06. The predicted octanol–water partition coefficient (Wildman–Crippen LogP) is 1.38. The lowest BCUT2D eigenvalue weighted by Gasteiger charge is -2.22. The second-order valence-electron chi connectivity index (χ2n) is 4.60. The second kappa shape index (κ2) is 6.94. The first-order chi connectivity index (χ1) is 10.8. The number of thioether (sulfide) groups is 1. The minimum Gasteiger partial charge on any atom is -0.467 e. The zero-order valence-electron chi connectivity index (χ0n) is 12.0. The molecule has 2 aromatic heterocycles. The highest BCUT2D eigenvalue weighted by molar-refractivity contribution is 7.99. The van der Waals surface area contributed by atoms with Crippen LogP contribution in [0.5, 0.6) is 0 Å². The number of amides is 1. The second-order valence-corrected chi connectivity index (χ2v) is 5.55. The lowest BCUT2D eigenvalue weighted by atomic mass is 10.3. The van der Waals surface area contributed by atoms with Gasteiger partial charge in [-0.25, -0.2) is 9.89 Å². The molecule has 0 bridgehead atoms. The molecule has 0 saturated heterocycles. The standard InChI is InChI=1S/C12H13F3N4O3S/c1-18-10(21)16-17-11(18)23-6-9(20)19(7-12(13,14)15)5-8-3-2-4-22-8/h2-4H,5-7H2,1H3,(H,16,21). The number of rotatable bonds is 6. The fourth-order valence-electron chi connectivity index (χ4n) is 1.72. The van der Waals surface area contributed by atoms with Gasteiger partial charge < -0.3 is 9.32 Å². The van der Waals surface area contributed by atoms with Gasteiger partial charge >= 0.3 is 11.9 Å². The highest BCUT2D eigenvalue weighted by Crippen LogP contribution is 2.20. The lowest BCUT2D eigenvalue weighted by Crippen LogP contribution is -2.39. The monoisotopic (exact) mass is 350 g/mol. The molecule has 23 heavy (non-hydrogen) atoms. The number of H-pyrrole nitrogens is 1. The van der Waals surface area contributed by atoms with Gasteiger partial charge in [-0.2, -0.15) is 13.2 Å². The Morgan fingerprint density at radius 3 is 2.78 bits per heavy atom. The summed E-state index contributed by atoms with van der Waals surface area (Å²) < 4.78 is 44.0. The number of furan rings is 1. The van der Waals surface area contributed by atoms with E-state index < -0.39 is 24.3 Å². The Labute approximate surface area is 132 Å². The summed E-state index contributed by atoms with van der Waals surface area (Å²) in [5.74, 6) is -0.770. The van der Waals surface area contributed by atoms with E-state index in [-0.39, 0.29) is 23.2 Å². The van der Waals surface area contributed by atoms with Crippen molar-refractivity contribution in [3.63, 3.8) is 0 Å². The molecule has 2 rings (SSSR count). The number of halogens is 3. The van der Waals surface area contributed by atoms with Gasteiger partial charge in [0.1, 0.15) is 12.3 Å². The van der Waals surface area contributed by atoms with Gasteiger partial charge in [-0.3, -0.25) is 9.36 Å². The van der Waals surface area contributed by atoms with Gasteiger partial charge in [0, 0.05) is 7.05 Å². The summed E-state index contributed by atoms with van der Waals surface area (Å²) in [5.41, 5.74) is -0.470. The van der Waals surface area contributed by atoms with Crippen LogP contribution in [-0.4, -0.2) is 44.0 Å². The Balaban J connectivity index is 2.03. The molecular weight excluding hydrogens is 337 g/mol. The van der Waals surface area contributed by atoms with Crippen molar-refractivity contribution in [2.75, 3.05) is 12.3 Å². The Bertz CT molecular complexity index is 708. The largest absolute Gasteiger partial charge is 0.467 e. The molecule has 0 aliphatic rings. The predicted molar refractivity (Wildman–Crippen MR) is 74.7 cm³/mol. The molecule has 2 aromatic rings. The van der Waals surface area contributed by atoms with Crippen molar-refractivity contribution in [2.45, 2.75) is 17.9 Å². The lowest BCUT2D eigenvalue weighted by molar-refractivity contribution is -0.161.